The maximum absolute atomic E-state index is 11.7. The normalized spacial score (nSPS) is 12.0. The largest absolute Gasteiger partial charge is 0.357 e. The number of aryl methyl sites for hydroxylation is 1. The molecule has 0 aliphatic heterocycles. The van der Waals surface area contributed by atoms with Crippen molar-refractivity contribution in [1.82, 2.24) is 15.6 Å². The first-order valence-electron chi connectivity index (χ1n) is 8.12. The summed E-state index contributed by atoms with van der Waals surface area (Å²) in [7, 11) is -3.20. The lowest BCUT2D eigenvalue weighted by Crippen LogP contribution is -2.37. The highest BCUT2D eigenvalue weighted by atomic mass is 32.2. The highest BCUT2D eigenvalue weighted by Gasteiger charge is 2.10. The van der Waals surface area contributed by atoms with Crippen LogP contribution in [0.25, 0.3) is 0 Å². The maximum Gasteiger partial charge on any atom is 0.191 e. The van der Waals surface area contributed by atoms with Gasteiger partial charge in [-0.15, -0.1) is 0 Å². The molecule has 0 saturated carbocycles. The van der Waals surface area contributed by atoms with Crippen LogP contribution < -0.4 is 10.6 Å². The molecule has 0 unspecified atom stereocenters. The zero-order valence-corrected chi connectivity index (χ0v) is 15.6. The average Bonchev–Trinajstić information content (AvgIpc) is 2.57. The fraction of sp³-hybridized carbons (Fsp3) is 0.333. The van der Waals surface area contributed by atoms with Crippen LogP contribution in [0.1, 0.15) is 23.7 Å². The van der Waals surface area contributed by atoms with Gasteiger partial charge in [0.05, 0.1) is 23.7 Å². The van der Waals surface area contributed by atoms with Gasteiger partial charge < -0.3 is 10.6 Å². The molecule has 0 aliphatic rings. The number of nitrogens with one attached hydrogen (secondary N) is 2. The second-order valence-corrected chi connectivity index (χ2v) is 7.73. The van der Waals surface area contributed by atoms with Gasteiger partial charge in [-0.05, 0) is 43.2 Å². The van der Waals surface area contributed by atoms with Gasteiger partial charge in [-0.3, -0.25) is 4.98 Å². The van der Waals surface area contributed by atoms with E-state index >= 15 is 0 Å². The zero-order valence-electron chi connectivity index (χ0n) is 14.8. The SMILES string of the molecule is CCNC(=NCc1ccc(S(C)(=O)=O)c(C)c1)NCc1ccccn1. The van der Waals surface area contributed by atoms with E-state index in [2.05, 4.69) is 20.6 Å². The third kappa shape index (κ3) is 5.86. The molecular weight excluding hydrogens is 336 g/mol. The van der Waals surface area contributed by atoms with Crippen LogP contribution in [0.4, 0.5) is 0 Å². The Morgan fingerprint density at radius 3 is 2.60 bits per heavy atom. The number of guanidine groups is 1. The summed E-state index contributed by atoms with van der Waals surface area (Å²) >= 11 is 0. The Labute approximate surface area is 149 Å². The number of benzene rings is 1. The van der Waals surface area contributed by atoms with E-state index < -0.39 is 9.84 Å². The lowest BCUT2D eigenvalue weighted by Gasteiger charge is -2.11. The summed E-state index contributed by atoms with van der Waals surface area (Å²) in [5.41, 5.74) is 2.63. The third-order valence-corrected chi connectivity index (χ3v) is 4.82. The van der Waals surface area contributed by atoms with E-state index in [1.54, 1.807) is 25.3 Å². The standard InChI is InChI=1S/C18H24N4O2S/c1-4-19-18(22-13-16-7-5-6-10-20-16)21-12-15-8-9-17(14(2)11-15)25(3,23)24/h5-11H,4,12-13H2,1-3H3,(H2,19,21,22). The summed E-state index contributed by atoms with van der Waals surface area (Å²) in [5.74, 6) is 0.693. The summed E-state index contributed by atoms with van der Waals surface area (Å²) in [6.45, 7) is 5.60. The summed E-state index contributed by atoms with van der Waals surface area (Å²) in [4.78, 5) is 9.18. The number of sulfone groups is 1. The van der Waals surface area contributed by atoms with Crippen LogP contribution in [-0.4, -0.2) is 32.2 Å². The van der Waals surface area contributed by atoms with Crippen molar-refractivity contribution >= 4 is 15.8 Å². The van der Waals surface area contributed by atoms with Crippen molar-refractivity contribution in [3.05, 3.63) is 59.4 Å². The van der Waals surface area contributed by atoms with Gasteiger partial charge in [0, 0.05) is 19.0 Å². The average molecular weight is 360 g/mol. The predicted octanol–water partition coefficient (Wildman–Crippen LogP) is 2.05. The lowest BCUT2D eigenvalue weighted by atomic mass is 10.1. The number of aromatic nitrogens is 1. The Morgan fingerprint density at radius 1 is 1.20 bits per heavy atom. The molecule has 0 fully saturated rings. The second kappa shape index (κ2) is 8.62. The van der Waals surface area contributed by atoms with E-state index in [0.717, 1.165) is 23.4 Å². The Kier molecular flexibility index (Phi) is 6.52. The Balaban J connectivity index is 2.06. The Bertz CT molecular complexity index is 833. The first kappa shape index (κ1) is 18.9. The number of hydrogen-bond acceptors (Lipinski definition) is 4. The number of hydrogen-bond donors (Lipinski definition) is 2. The number of nitrogens with zero attached hydrogens (tertiary/aromatic N) is 2. The molecule has 0 spiro atoms. The number of pyridine rings is 1. The lowest BCUT2D eigenvalue weighted by molar-refractivity contribution is 0.601. The molecule has 1 heterocycles. The smallest absolute Gasteiger partial charge is 0.191 e. The molecule has 2 rings (SSSR count). The fourth-order valence-electron chi connectivity index (χ4n) is 2.41. The molecule has 0 atom stereocenters. The van der Waals surface area contributed by atoms with Crippen molar-refractivity contribution in [2.45, 2.75) is 31.8 Å². The minimum Gasteiger partial charge on any atom is -0.357 e. The van der Waals surface area contributed by atoms with Crippen LogP contribution in [0, 0.1) is 6.92 Å². The highest BCUT2D eigenvalue weighted by molar-refractivity contribution is 7.90. The molecular formula is C18H24N4O2S. The second-order valence-electron chi connectivity index (χ2n) is 5.74. The van der Waals surface area contributed by atoms with Crippen LogP contribution in [0.2, 0.25) is 0 Å². The first-order chi connectivity index (χ1) is 11.9. The Morgan fingerprint density at radius 2 is 2.00 bits per heavy atom. The van der Waals surface area contributed by atoms with Gasteiger partial charge in [0.15, 0.2) is 15.8 Å². The summed E-state index contributed by atoms with van der Waals surface area (Å²) < 4.78 is 23.4. The zero-order chi connectivity index (χ0) is 18.3. The van der Waals surface area contributed by atoms with Crippen LogP contribution in [-0.2, 0) is 22.9 Å². The minimum atomic E-state index is -3.20. The monoisotopic (exact) mass is 360 g/mol. The summed E-state index contributed by atoms with van der Waals surface area (Å²) in [5, 5.41) is 6.43. The van der Waals surface area contributed by atoms with Gasteiger partial charge in [0.25, 0.3) is 0 Å². The third-order valence-electron chi connectivity index (χ3n) is 3.57. The van der Waals surface area contributed by atoms with Crippen LogP contribution in [0.3, 0.4) is 0 Å². The molecule has 0 aliphatic carbocycles. The van der Waals surface area contributed by atoms with Crippen molar-refractivity contribution in [2.24, 2.45) is 4.99 Å². The minimum absolute atomic E-state index is 0.361. The maximum atomic E-state index is 11.7. The van der Waals surface area contributed by atoms with E-state index in [-0.39, 0.29) is 0 Å². The summed E-state index contributed by atoms with van der Waals surface area (Å²) in [6.07, 6.45) is 2.98. The molecule has 134 valence electrons. The summed E-state index contributed by atoms with van der Waals surface area (Å²) in [6, 6.07) is 11.1. The molecule has 1 aromatic carbocycles. The van der Waals surface area contributed by atoms with Gasteiger partial charge >= 0.3 is 0 Å². The van der Waals surface area contributed by atoms with E-state index in [9.17, 15) is 8.42 Å². The van der Waals surface area contributed by atoms with Crippen molar-refractivity contribution in [1.29, 1.82) is 0 Å². The van der Waals surface area contributed by atoms with Gasteiger partial charge in [-0.1, -0.05) is 18.2 Å². The molecule has 1 aromatic heterocycles. The predicted molar refractivity (Wildman–Crippen MR) is 100 cm³/mol. The molecule has 6 nitrogen and oxygen atoms in total. The topological polar surface area (TPSA) is 83.5 Å². The molecule has 0 amide bonds. The van der Waals surface area contributed by atoms with Crippen LogP contribution in [0.15, 0.2) is 52.5 Å². The van der Waals surface area contributed by atoms with Crippen molar-refractivity contribution in [3.8, 4) is 0 Å². The van der Waals surface area contributed by atoms with E-state index in [1.807, 2.05) is 31.2 Å². The molecule has 2 aromatic rings. The molecule has 7 heteroatoms. The molecule has 0 radical (unpaired) electrons. The van der Waals surface area contributed by atoms with E-state index in [0.29, 0.717) is 23.9 Å². The van der Waals surface area contributed by atoms with Crippen LogP contribution >= 0.6 is 0 Å². The molecule has 0 bridgehead atoms. The van der Waals surface area contributed by atoms with Crippen molar-refractivity contribution in [3.63, 3.8) is 0 Å². The van der Waals surface area contributed by atoms with Crippen molar-refractivity contribution < 1.29 is 8.42 Å². The molecule has 2 N–H and O–H groups in total. The first-order valence-corrected chi connectivity index (χ1v) is 10.0. The molecule has 25 heavy (non-hydrogen) atoms. The quantitative estimate of drug-likeness (QED) is 0.608. The van der Waals surface area contributed by atoms with E-state index in [4.69, 9.17) is 0 Å². The van der Waals surface area contributed by atoms with Gasteiger partial charge in [-0.2, -0.15) is 0 Å². The van der Waals surface area contributed by atoms with E-state index in [1.165, 1.54) is 6.26 Å². The van der Waals surface area contributed by atoms with Gasteiger partial charge in [-0.25, -0.2) is 13.4 Å². The fourth-order valence-corrected chi connectivity index (χ4v) is 3.37. The van der Waals surface area contributed by atoms with Gasteiger partial charge in [0.2, 0.25) is 0 Å². The number of aliphatic imine (C=N–C) groups is 1. The Hall–Kier alpha value is -2.41. The molecule has 0 saturated heterocycles. The highest BCUT2D eigenvalue weighted by Crippen LogP contribution is 2.17. The van der Waals surface area contributed by atoms with Crippen LogP contribution in [0.5, 0.6) is 0 Å². The van der Waals surface area contributed by atoms with Crippen molar-refractivity contribution in [2.75, 3.05) is 12.8 Å². The van der Waals surface area contributed by atoms with Gasteiger partial charge in [0.1, 0.15) is 0 Å². The number of rotatable bonds is 6.